The summed E-state index contributed by atoms with van der Waals surface area (Å²) < 4.78 is 32.1. The highest BCUT2D eigenvalue weighted by Gasteiger charge is 2.24. The van der Waals surface area contributed by atoms with Crippen molar-refractivity contribution in [1.82, 2.24) is 9.71 Å². The number of nitrogens with zero attached hydrogens (tertiary/aromatic N) is 1. The van der Waals surface area contributed by atoms with Crippen LogP contribution in [0.25, 0.3) is 0 Å². The van der Waals surface area contributed by atoms with E-state index in [-0.39, 0.29) is 29.2 Å². The normalized spacial score (nSPS) is 12.4. The van der Waals surface area contributed by atoms with E-state index in [1.807, 2.05) is 13.8 Å². The second-order valence-electron chi connectivity index (χ2n) is 5.34. The number of aromatic nitrogens is 1. The third kappa shape index (κ3) is 4.73. The number of hydrogen-bond donors (Lipinski definition) is 2. The van der Waals surface area contributed by atoms with E-state index in [4.69, 9.17) is 9.84 Å². The molecule has 0 saturated carbocycles. The van der Waals surface area contributed by atoms with Gasteiger partial charge in [0.15, 0.2) is 0 Å². The first-order valence-electron chi connectivity index (χ1n) is 6.41. The van der Waals surface area contributed by atoms with Gasteiger partial charge in [-0.3, -0.25) is 4.98 Å². The van der Waals surface area contributed by atoms with E-state index in [1.165, 1.54) is 25.6 Å². The molecule has 2 N–H and O–H groups in total. The van der Waals surface area contributed by atoms with Crippen LogP contribution in [0.3, 0.4) is 0 Å². The summed E-state index contributed by atoms with van der Waals surface area (Å²) in [4.78, 5) is 3.85. The minimum atomic E-state index is -3.66. The molecule has 114 valence electrons. The molecular weight excluding hydrogens is 280 g/mol. The number of aliphatic hydroxyl groups excluding tert-OH is 1. The Kier molecular flexibility index (Phi) is 5.91. The molecule has 1 rings (SSSR count). The average Bonchev–Trinajstić information content (AvgIpc) is 2.43. The number of rotatable bonds is 8. The van der Waals surface area contributed by atoms with Crippen LogP contribution >= 0.6 is 0 Å². The molecule has 1 heterocycles. The summed E-state index contributed by atoms with van der Waals surface area (Å²) in [6.45, 7) is 4.29. The predicted octanol–water partition coefficient (Wildman–Crippen LogP) is 1.17. The maximum atomic E-state index is 12.3. The molecular formula is C13H22N2O4S. The summed E-state index contributed by atoms with van der Waals surface area (Å²) in [6.07, 6.45) is 4.12. The fourth-order valence-electron chi connectivity index (χ4n) is 1.75. The van der Waals surface area contributed by atoms with E-state index in [9.17, 15) is 8.42 Å². The molecule has 0 atom stereocenters. The van der Waals surface area contributed by atoms with Crippen LogP contribution < -0.4 is 9.46 Å². The number of pyridine rings is 1. The number of sulfonamides is 1. The van der Waals surface area contributed by atoms with Crippen LogP contribution in [-0.2, 0) is 10.0 Å². The van der Waals surface area contributed by atoms with Crippen molar-refractivity contribution in [3.05, 3.63) is 18.5 Å². The highest BCUT2D eigenvalue weighted by molar-refractivity contribution is 7.89. The number of nitrogens with one attached hydrogen (secondary N) is 1. The van der Waals surface area contributed by atoms with E-state index in [0.717, 1.165) is 6.42 Å². The summed E-state index contributed by atoms with van der Waals surface area (Å²) >= 11 is 0. The average molecular weight is 302 g/mol. The van der Waals surface area contributed by atoms with Crippen molar-refractivity contribution in [2.24, 2.45) is 5.41 Å². The summed E-state index contributed by atoms with van der Waals surface area (Å²) in [5.74, 6) is 0.265. The lowest BCUT2D eigenvalue weighted by Crippen LogP contribution is -2.34. The number of ether oxygens (including phenoxy) is 1. The minimum absolute atomic E-state index is 0.0282. The first-order chi connectivity index (χ1) is 9.32. The smallest absolute Gasteiger partial charge is 0.245 e. The molecule has 0 spiro atoms. The highest BCUT2D eigenvalue weighted by Crippen LogP contribution is 2.24. The van der Waals surface area contributed by atoms with Crippen molar-refractivity contribution in [2.45, 2.75) is 31.6 Å². The van der Waals surface area contributed by atoms with Crippen molar-refractivity contribution in [3.8, 4) is 5.75 Å². The number of hydrogen-bond acceptors (Lipinski definition) is 5. The van der Waals surface area contributed by atoms with Gasteiger partial charge in [0.2, 0.25) is 10.0 Å². The van der Waals surface area contributed by atoms with Gasteiger partial charge in [0.25, 0.3) is 0 Å². The molecule has 0 radical (unpaired) electrons. The Labute approximate surface area is 120 Å². The highest BCUT2D eigenvalue weighted by atomic mass is 32.2. The van der Waals surface area contributed by atoms with Crippen LogP contribution in [-0.4, -0.2) is 38.8 Å². The second kappa shape index (κ2) is 7.01. The molecule has 1 aromatic heterocycles. The van der Waals surface area contributed by atoms with E-state index in [1.54, 1.807) is 0 Å². The molecule has 0 aliphatic carbocycles. The SMILES string of the molecule is COc1ccncc1S(=O)(=O)NCC(C)(C)CCCO. The Morgan fingerprint density at radius 1 is 1.45 bits per heavy atom. The molecule has 6 nitrogen and oxygen atoms in total. The fourth-order valence-corrected chi connectivity index (χ4v) is 3.10. The maximum Gasteiger partial charge on any atom is 0.245 e. The molecule has 0 amide bonds. The summed E-state index contributed by atoms with van der Waals surface area (Å²) in [6, 6.07) is 1.51. The van der Waals surface area contributed by atoms with Gasteiger partial charge in [-0.25, -0.2) is 13.1 Å². The largest absolute Gasteiger partial charge is 0.495 e. The maximum absolute atomic E-state index is 12.3. The molecule has 0 bridgehead atoms. The molecule has 0 fully saturated rings. The Balaban J connectivity index is 2.80. The lowest BCUT2D eigenvalue weighted by atomic mass is 9.88. The Bertz CT molecular complexity index is 529. The Hall–Kier alpha value is -1.18. The summed E-state index contributed by atoms with van der Waals surface area (Å²) in [5.41, 5.74) is -0.231. The standard InChI is InChI=1S/C13H22N2O4S/c1-13(2,6-4-8-16)10-15-20(17,18)12-9-14-7-5-11(12)19-3/h5,7,9,15-16H,4,6,8,10H2,1-3H3. The van der Waals surface area contributed by atoms with Crippen molar-refractivity contribution in [1.29, 1.82) is 0 Å². The van der Waals surface area contributed by atoms with Gasteiger partial charge in [-0.05, 0) is 24.3 Å². The topological polar surface area (TPSA) is 88.5 Å². The molecule has 7 heteroatoms. The van der Waals surface area contributed by atoms with Crippen LogP contribution in [0.5, 0.6) is 5.75 Å². The summed E-state index contributed by atoms with van der Waals surface area (Å²) in [7, 11) is -2.25. The van der Waals surface area contributed by atoms with E-state index >= 15 is 0 Å². The lowest BCUT2D eigenvalue weighted by Gasteiger charge is -2.24. The van der Waals surface area contributed by atoms with Crippen LogP contribution in [0.1, 0.15) is 26.7 Å². The van der Waals surface area contributed by atoms with E-state index < -0.39 is 10.0 Å². The zero-order valence-corrected chi connectivity index (χ0v) is 12.9. The van der Waals surface area contributed by atoms with E-state index in [2.05, 4.69) is 9.71 Å². The molecule has 0 aromatic carbocycles. The van der Waals surface area contributed by atoms with Crippen molar-refractivity contribution in [3.63, 3.8) is 0 Å². The van der Waals surface area contributed by atoms with Gasteiger partial charge in [0, 0.05) is 19.3 Å². The molecule has 0 aliphatic rings. The van der Waals surface area contributed by atoms with Crippen molar-refractivity contribution >= 4 is 10.0 Å². The monoisotopic (exact) mass is 302 g/mol. The molecule has 1 aromatic rings. The zero-order chi connectivity index (χ0) is 15.2. The van der Waals surface area contributed by atoms with Gasteiger partial charge < -0.3 is 9.84 Å². The predicted molar refractivity (Wildman–Crippen MR) is 76.1 cm³/mol. The molecule has 0 saturated heterocycles. The van der Waals surface area contributed by atoms with Gasteiger partial charge in [0.05, 0.1) is 13.3 Å². The van der Waals surface area contributed by atoms with E-state index in [0.29, 0.717) is 6.42 Å². The van der Waals surface area contributed by atoms with Crippen LogP contribution in [0.2, 0.25) is 0 Å². The summed E-state index contributed by atoms with van der Waals surface area (Å²) in [5, 5.41) is 8.84. The lowest BCUT2D eigenvalue weighted by molar-refractivity contribution is 0.242. The third-order valence-corrected chi connectivity index (χ3v) is 4.42. The first-order valence-corrected chi connectivity index (χ1v) is 7.89. The van der Waals surface area contributed by atoms with Gasteiger partial charge in [0.1, 0.15) is 10.6 Å². The van der Waals surface area contributed by atoms with Gasteiger partial charge in [-0.15, -0.1) is 0 Å². The number of methoxy groups -OCH3 is 1. The quantitative estimate of drug-likeness (QED) is 0.752. The molecule has 20 heavy (non-hydrogen) atoms. The number of aliphatic hydroxyl groups is 1. The molecule has 0 aliphatic heterocycles. The Morgan fingerprint density at radius 2 is 2.15 bits per heavy atom. The third-order valence-electron chi connectivity index (χ3n) is 3.01. The van der Waals surface area contributed by atoms with Crippen LogP contribution in [0, 0.1) is 5.41 Å². The van der Waals surface area contributed by atoms with Gasteiger partial charge >= 0.3 is 0 Å². The molecule has 0 unspecified atom stereocenters. The zero-order valence-electron chi connectivity index (χ0n) is 12.1. The van der Waals surface area contributed by atoms with Gasteiger partial charge in [-0.1, -0.05) is 13.8 Å². The minimum Gasteiger partial charge on any atom is -0.495 e. The van der Waals surface area contributed by atoms with Gasteiger partial charge in [-0.2, -0.15) is 0 Å². The fraction of sp³-hybridized carbons (Fsp3) is 0.615. The van der Waals surface area contributed by atoms with Crippen molar-refractivity contribution in [2.75, 3.05) is 20.3 Å². The first kappa shape index (κ1) is 16.9. The Morgan fingerprint density at radius 3 is 2.75 bits per heavy atom. The van der Waals surface area contributed by atoms with Crippen LogP contribution in [0.15, 0.2) is 23.4 Å². The van der Waals surface area contributed by atoms with Crippen molar-refractivity contribution < 1.29 is 18.3 Å². The van der Waals surface area contributed by atoms with Crippen LogP contribution in [0.4, 0.5) is 0 Å². The second-order valence-corrected chi connectivity index (χ2v) is 7.08.